The van der Waals surface area contributed by atoms with E-state index in [1.165, 1.54) is 0 Å². The highest BCUT2D eigenvalue weighted by atomic mass is 16.2. The van der Waals surface area contributed by atoms with Crippen LogP contribution in [0.4, 0.5) is 0 Å². The fourth-order valence-corrected chi connectivity index (χ4v) is 2.39. The van der Waals surface area contributed by atoms with Gasteiger partial charge in [-0.1, -0.05) is 6.07 Å². The number of rotatable bonds is 1. The van der Waals surface area contributed by atoms with Crippen LogP contribution < -0.4 is 5.32 Å². The van der Waals surface area contributed by atoms with Gasteiger partial charge in [0.25, 0.3) is 5.91 Å². The molecule has 2 heterocycles. The lowest BCUT2D eigenvalue weighted by atomic mass is 10.1. The standard InChI is InChI=1S/C14H15N3O2/c1-16-6-4-10-2-3-11(8-12(10)16)14(19)17-7-5-15-13(18)9-17/h2-4,6,8H,5,7,9H2,1H3,(H,15,18). The van der Waals surface area contributed by atoms with E-state index in [-0.39, 0.29) is 18.4 Å². The third-order valence-electron chi connectivity index (χ3n) is 3.46. The molecule has 98 valence electrons. The molecule has 19 heavy (non-hydrogen) atoms. The molecule has 1 aliphatic heterocycles. The Labute approximate surface area is 110 Å². The summed E-state index contributed by atoms with van der Waals surface area (Å²) in [5.74, 6) is -0.183. The first-order chi connectivity index (χ1) is 9.15. The molecule has 0 aliphatic carbocycles. The maximum absolute atomic E-state index is 12.4. The second-order valence-electron chi connectivity index (χ2n) is 4.78. The Kier molecular flexibility index (Phi) is 2.74. The maximum Gasteiger partial charge on any atom is 0.254 e. The van der Waals surface area contributed by atoms with Gasteiger partial charge in [0.15, 0.2) is 0 Å². The lowest BCUT2D eigenvalue weighted by Gasteiger charge is -2.26. The smallest absolute Gasteiger partial charge is 0.254 e. The number of nitrogens with one attached hydrogen (secondary N) is 1. The van der Waals surface area contributed by atoms with Gasteiger partial charge in [0.2, 0.25) is 5.91 Å². The third-order valence-corrected chi connectivity index (χ3v) is 3.46. The summed E-state index contributed by atoms with van der Waals surface area (Å²) in [5, 5.41) is 3.82. The van der Waals surface area contributed by atoms with Gasteiger partial charge in [-0.25, -0.2) is 0 Å². The number of aromatic nitrogens is 1. The minimum Gasteiger partial charge on any atom is -0.353 e. The van der Waals surface area contributed by atoms with Crippen molar-refractivity contribution in [2.75, 3.05) is 19.6 Å². The molecule has 0 saturated carbocycles. The van der Waals surface area contributed by atoms with Crippen molar-refractivity contribution in [1.82, 2.24) is 14.8 Å². The molecule has 1 aromatic heterocycles. The number of nitrogens with zero attached hydrogens (tertiary/aromatic N) is 2. The SMILES string of the molecule is Cn1ccc2ccc(C(=O)N3CCNC(=O)C3)cc21. The molecule has 2 aromatic rings. The molecular weight excluding hydrogens is 242 g/mol. The van der Waals surface area contributed by atoms with Crippen LogP contribution in [0.2, 0.25) is 0 Å². The minimum absolute atomic E-state index is 0.0852. The Balaban J connectivity index is 1.92. The summed E-state index contributed by atoms with van der Waals surface area (Å²) in [6, 6.07) is 7.64. The number of hydrogen-bond acceptors (Lipinski definition) is 2. The summed E-state index contributed by atoms with van der Waals surface area (Å²) < 4.78 is 1.98. The van der Waals surface area contributed by atoms with E-state index in [1.54, 1.807) is 4.90 Å². The van der Waals surface area contributed by atoms with Crippen molar-refractivity contribution < 1.29 is 9.59 Å². The van der Waals surface area contributed by atoms with Gasteiger partial charge in [-0.05, 0) is 23.6 Å². The normalized spacial score (nSPS) is 15.6. The molecule has 2 amide bonds. The van der Waals surface area contributed by atoms with Crippen LogP contribution in [0.25, 0.3) is 10.9 Å². The molecule has 0 radical (unpaired) electrons. The molecule has 1 fully saturated rings. The number of amides is 2. The largest absolute Gasteiger partial charge is 0.353 e. The van der Waals surface area contributed by atoms with Gasteiger partial charge in [-0.3, -0.25) is 9.59 Å². The summed E-state index contributed by atoms with van der Waals surface area (Å²) in [6.45, 7) is 1.23. The van der Waals surface area contributed by atoms with Crippen molar-refractivity contribution in [3.8, 4) is 0 Å². The molecule has 5 nitrogen and oxygen atoms in total. The van der Waals surface area contributed by atoms with E-state index in [2.05, 4.69) is 5.32 Å². The number of piperazine rings is 1. The Morgan fingerprint density at radius 2 is 2.16 bits per heavy atom. The van der Waals surface area contributed by atoms with Crippen LogP contribution >= 0.6 is 0 Å². The van der Waals surface area contributed by atoms with Crippen LogP contribution in [-0.4, -0.2) is 40.9 Å². The number of benzene rings is 1. The first-order valence-electron chi connectivity index (χ1n) is 6.26. The number of aryl methyl sites for hydroxylation is 1. The summed E-state index contributed by atoms with van der Waals surface area (Å²) in [4.78, 5) is 25.3. The number of hydrogen-bond donors (Lipinski definition) is 1. The maximum atomic E-state index is 12.4. The highest BCUT2D eigenvalue weighted by molar-refractivity contribution is 6.00. The van der Waals surface area contributed by atoms with Crippen LogP contribution in [0.1, 0.15) is 10.4 Å². The van der Waals surface area contributed by atoms with Crippen LogP contribution in [0.3, 0.4) is 0 Å². The fourth-order valence-electron chi connectivity index (χ4n) is 2.39. The van der Waals surface area contributed by atoms with E-state index in [0.717, 1.165) is 10.9 Å². The van der Waals surface area contributed by atoms with Crippen molar-refractivity contribution in [3.63, 3.8) is 0 Å². The van der Waals surface area contributed by atoms with Crippen molar-refractivity contribution >= 4 is 22.7 Å². The van der Waals surface area contributed by atoms with Crippen molar-refractivity contribution in [2.45, 2.75) is 0 Å². The molecule has 0 spiro atoms. The van der Waals surface area contributed by atoms with Gasteiger partial charge in [0, 0.05) is 37.4 Å². The van der Waals surface area contributed by atoms with Crippen LogP contribution in [-0.2, 0) is 11.8 Å². The van der Waals surface area contributed by atoms with Crippen LogP contribution in [0.5, 0.6) is 0 Å². The first-order valence-corrected chi connectivity index (χ1v) is 6.26. The molecular formula is C14H15N3O2. The van der Waals surface area contributed by atoms with Gasteiger partial charge in [-0.15, -0.1) is 0 Å². The molecule has 5 heteroatoms. The average molecular weight is 257 g/mol. The summed E-state index contributed by atoms with van der Waals surface area (Å²) in [5.41, 5.74) is 1.65. The summed E-state index contributed by atoms with van der Waals surface area (Å²) in [6.07, 6.45) is 1.97. The molecule has 1 N–H and O–H groups in total. The lowest BCUT2D eigenvalue weighted by Crippen LogP contribution is -2.49. The van der Waals surface area contributed by atoms with E-state index in [0.29, 0.717) is 18.7 Å². The third kappa shape index (κ3) is 2.07. The molecule has 0 atom stereocenters. The fraction of sp³-hybridized carbons (Fsp3) is 0.286. The zero-order valence-electron chi connectivity index (χ0n) is 10.7. The molecule has 0 bridgehead atoms. The van der Waals surface area contributed by atoms with Gasteiger partial charge in [-0.2, -0.15) is 0 Å². The molecule has 1 aliphatic rings. The van der Waals surface area contributed by atoms with E-state index >= 15 is 0 Å². The molecule has 3 rings (SSSR count). The average Bonchev–Trinajstić information content (AvgIpc) is 2.79. The zero-order valence-corrected chi connectivity index (χ0v) is 10.7. The van der Waals surface area contributed by atoms with E-state index in [9.17, 15) is 9.59 Å². The minimum atomic E-state index is -0.0976. The Hall–Kier alpha value is -2.30. The Morgan fingerprint density at radius 1 is 1.32 bits per heavy atom. The molecule has 0 unspecified atom stereocenters. The van der Waals surface area contributed by atoms with Crippen LogP contribution in [0, 0.1) is 0 Å². The summed E-state index contributed by atoms with van der Waals surface area (Å²) >= 11 is 0. The Bertz CT molecular complexity index is 660. The summed E-state index contributed by atoms with van der Waals surface area (Å²) in [7, 11) is 1.95. The number of carbonyl (C=O) groups is 2. The van der Waals surface area contributed by atoms with Gasteiger partial charge in [0.1, 0.15) is 0 Å². The van der Waals surface area contributed by atoms with Crippen molar-refractivity contribution in [1.29, 1.82) is 0 Å². The highest BCUT2D eigenvalue weighted by Gasteiger charge is 2.22. The van der Waals surface area contributed by atoms with Crippen molar-refractivity contribution in [2.24, 2.45) is 7.05 Å². The van der Waals surface area contributed by atoms with Gasteiger partial charge < -0.3 is 14.8 Å². The van der Waals surface area contributed by atoms with E-state index in [1.807, 2.05) is 42.1 Å². The number of carbonyl (C=O) groups excluding carboxylic acids is 2. The second-order valence-corrected chi connectivity index (χ2v) is 4.78. The zero-order chi connectivity index (χ0) is 13.4. The van der Waals surface area contributed by atoms with Gasteiger partial charge >= 0.3 is 0 Å². The molecule has 1 aromatic carbocycles. The van der Waals surface area contributed by atoms with Crippen molar-refractivity contribution in [3.05, 3.63) is 36.0 Å². The first kappa shape index (κ1) is 11.8. The van der Waals surface area contributed by atoms with Crippen LogP contribution in [0.15, 0.2) is 30.5 Å². The predicted octanol–water partition coefficient (Wildman–Crippen LogP) is 0.750. The Morgan fingerprint density at radius 3 is 2.95 bits per heavy atom. The van der Waals surface area contributed by atoms with E-state index < -0.39 is 0 Å². The number of fused-ring (bicyclic) bond motifs is 1. The molecule has 1 saturated heterocycles. The highest BCUT2D eigenvalue weighted by Crippen LogP contribution is 2.18. The topological polar surface area (TPSA) is 54.3 Å². The quantitative estimate of drug-likeness (QED) is 0.819. The van der Waals surface area contributed by atoms with E-state index in [4.69, 9.17) is 0 Å². The van der Waals surface area contributed by atoms with Gasteiger partial charge in [0.05, 0.1) is 6.54 Å². The predicted molar refractivity (Wildman–Crippen MR) is 71.8 cm³/mol. The lowest BCUT2D eigenvalue weighted by molar-refractivity contribution is -0.123. The second kappa shape index (κ2) is 4.42. The monoisotopic (exact) mass is 257 g/mol.